The van der Waals surface area contributed by atoms with E-state index in [0.717, 1.165) is 23.3 Å². The second kappa shape index (κ2) is 7.57. The van der Waals surface area contributed by atoms with Crippen molar-refractivity contribution in [1.82, 2.24) is 5.32 Å². The van der Waals surface area contributed by atoms with Gasteiger partial charge in [-0.1, -0.05) is 18.2 Å². The van der Waals surface area contributed by atoms with Crippen LogP contribution in [0.3, 0.4) is 0 Å². The van der Waals surface area contributed by atoms with E-state index in [1.807, 2.05) is 44.3 Å². The maximum absolute atomic E-state index is 13.3. The fraction of sp³-hybridized carbons (Fsp3) is 0.294. The largest absolute Gasteiger partial charge is 0.494 e. The van der Waals surface area contributed by atoms with Crippen LogP contribution in [0.2, 0.25) is 0 Å². The van der Waals surface area contributed by atoms with Crippen molar-refractivity contribution < 1.29 is 9.13 Å². The zero-order valence-electron chi connectivity index (χ0n) is 12.2. The highest BCUT2D eigenvalue weighted by Crippen LogP contribution is 2.24. The van der Waals surface area contributed by atoms with Crippen molar-refractivity contribution in [3.8, 4) is 5.75 Å². The molecule has 0 amide bonds. The monoisotopic (exact) mass is 351 g/mol. The van der Waals surface area contributed by atoms with Gasteiger partial charge in [-0.2, -0.15) is 0 Å². The highest BCUT2D eigenvalue weighted by Gasteiger charge is 2.12. The molecule has 2 rings (SSSR count). The minimum absolute atomic E-state index is 0.155. The van der Waals surface area contributed by atoms with Crippen LogP contribution in [-0.4, -0.2) is 13.7 Å². The Balaban J connectivity index is 2.19. The Labute approximate surface area is 133 Å². The standard InChI is InChI=1S/C17H19BrFNO/c1-3-21-14-6-4-5-13(11-14)17(20-2)10-12-7-8-16(19)15(18)9-12/h4-9,11,17,20H,3,10H2,1-2H3. The molecule has 0 aliphatic heterocycles. The molecule has 0 heterocycles. The molecular weight excluding hydrogens is 333 g/mol. The lowest BCUT2D eigenvalue weighted by atomic mass is 9.99. The van der Waals surface area contributed by atoms with Crippen molar-refractivity contribution >= 4 is 15.9 Å². The van der Waals surface area contributed by atoms with E-state index in [9.17, 15) is 4.39 Å². The molecule has 0 fully saturated rings. The van der Waals surface area contributed by atoms with Gasteiger partial charge in [-0.25, -0.2) is 4.39 Å². The molecule has 4 heteroatoms. The summed E-state index contributed by atoms with van der Waals surface area (Å²) in [7, 11) is 1.93. The Morgan fingerprint density at radius 3 is 2.71 bits per heavy atom. The van der Waals surface area contributed by atoms with Gasteiger partial charge in [0.15, 0.2) is 0 Å². The Bertz CT molecular complexity index is 603. The number of likely N-dealkylation sites (N-methyl/N-ethyl adjacent to an activating group) is 1. The number of benzene rings is 2. The Morgan fingerprint density at radius 1 is 1.24 bits per heavy atom. The maximum atomic E-state index is 13.3. The Kier molecular flexibility index (Phi) is 5.76. The van der Waals surface area contributed by atoms with Gasteiger partial charge in [0.1, 0.15) is 11.6 Å². The van der Waals surface area contributed by atoms with Crippen LogP contribution in [0.5, 0.6) is 5.75 Å². The lowest BCUT2D eigenvalue weighted by Gasteiger charge is -2.18. The van der Waals surface area contributed by atoms with Gasteiger partial charge in [0.25, 0.3) is 0 Å². The summed E-state index contributed by atoms with van der Waals surface area (Å²) >= 11 is 3.23. The second-order valence-electron chi connectivity index (χ2n) is 4.80. The topological polar surface area (TPSA) is 21.3 Å². The summed E-state index contributed by atoms with van der Waals surface area (Å²) in [4.78, 5) is 0. The van der Waals surface area contributed by atoms with Crippen LogP contribution < -0.4 is 10.1 Å². The van der Waals surface area contributed by atoms with Crippen molar-refractivity contribution in [1.29, 1.82) is 0 Å². The van der Waals surface area contributed by atoms with Crippen LogP contribution in [0.4, 0.5) is 4.39 Å². The zero-order chi connectivity index (χ0) is 15.2. The van der Waals surface area contributed by atoms with Gasteiger partial charge in [-0.15, -0.1) is 0 Å². The summed E-state index contributed by atoms with van der Waals surface area (Å²) in [6.07, 6.45) is 0.783. The first-order chi connectivity index (χ1) is 10.1. The van der Waals surface area contributed by atoms with Gasteiger partial charge < -0.3 is 10.1 Å². The SMILES string of the molecule is CCOc1cccc(C(Cc2ccc(F)c(Br)c2)NC)c1. The summed E-state index contributed by atoms with van der Waals surface area (Å²) < 4.78 is 19.3. The molecule has 2 nitrogen and oxygen atoms in total. The van der Waals surface area contributed by atoms with Gasteiger partial charge in [0.2, 0.25) is 0 Å². The molecule has 1 unspecified atom stereocenters. The third kappa shape index (κ3) is 4.29. The molecule has 0 bridgehead atoms. The van der Waals surface area contributed by atoms with Crippen LogP contribution >= 0.6 is 15.9 Å². The predicted molar refractivity (Wildman–Crippen MR) is 87.2 cm³/mol. The summed E-state index contributed by atoms with van der Waals surface area (Å²) in [5.74, 6) is 0.633. The van der Waals surface area contributed by atoms with Gasteiger partial charge in [0, 0.05) is 6.04 Å². The lowest BCUT2D eigenvalue weighted by molar-refractivity contribution is 0.339. The number of ether oxygens (including phenoxy) is 1. The van der Waals surface area contributed by atoms with Gasteiger partial charge in [-0.3, -0.25) is 0 Å². The molecule has 112 valence electrons. The number of halogens is 2. The number of hydrogen-bond donors (Lipinski definition) is 1. The molecule has 0 spiro atoms. The van der Waals surface area contributed by atoms with Gasteiger partial charge in [0.05, 0.1) is 11.1 Å². The summed E-state index contributed by atoms with van der Waals surface area (Å²) in [5, 5.41) is 3.31. The quantitative estimate of drug-likeness (QED) is 0.827. The van der Waals surface area contributed by atoms with E-state index >= 15 is 0 Å². The van der Waals surface area contributed by atoms with Crippen LogP contribution in [0.1, 0.15) is 24.1 Å². The number of rotatable bonds is 6. The highest BCUT2D eigenvalue weighted by molar-refractivity contribution is 9.10. The summed E-state index contributed by atoms with van der Waals surface area (Å²) in [6, 6.07) is 13.3. The smallest absolute Gasteiger partial charge is 0.137 e. The van der Waals surface area contributed by atoms with Crippen molar-refractivity contribution in [2.75, 3.05) is 13.7 Å². The van der Waals surface area contributed by atoms with E-state index in [-0.39, 0.29) is 11.9 Å². The highest BCUT2D eigenvalue weighted by atomic mass is 79.9. The van der Waals surface area contributed by atoms with Gasteiger partial charge in [-0.05, 0) is 71.7 Å². The molecule has 1 atom stereocenters. The van der Waals surface area contributed by atoms with E-state index in [1.54, 1.807) is 0 Å². The van der Waals surface area contributed by atoms with Crippen molar-refractivity contribution in [2.45, 2.75) is 19.4 Å². The van der Waals surface area contributed by atoms with Crippen LogP contribution in [0, 0.1) is 5.82 Å². The lowest BCUT2D eigenvalue weighted by Crippen LogP contribution is -2.19. The van der Waals surface area contributed by atoms with E-state index in [1.165, 1.54) is 6.07 Å². The summed E-state index contributed by atoms with van der Waals surface area (Å²) in [5.41, 5.74) is 2.23. The van der Waals surface area contributed by atoms with Crippen LogP contribution in [0.15, 0.2) is 46.9 Å². The molecule has 0 aromatic heterocycles. The third-order valence-electron chi connectivity index (χ3n) is 3.34. The average molecular weight is 352 g/mol. The van der Waals surface area contributed by atoms with Gasteiger partial charge >= 0.3 is 0 Å². The molecule has 21 heavy (non-hydrogen) atoms. The fourth-order valence-electron chi connectivity index (χ4n) is 2.28. The average Bonchev–Trinajstić information content (AvgIpc) is 2.49. The molecule has 0 aliphatic rings. The summed E-state index contributed by atoms with van der Waals surface area (Å²) in [6.45, 7) is 2.62. The zero-order valence-corrected chi connectivity index (χ0v) is 13.8. The first-order valence-electron chi connectivity index (χ1n) is 6.98. The van der Waals surface area contributed by atoms with E-state index < -0.39 is 0 Å². The molecular formula is C17H19BrFNO. The van der Waals surface area contributed by atoms with E-state index in [4.69, 9.17) is 4.74 Å². The van der Waals surface area contributed by atoms with Crippen LogP contribution in [0.25, 0.3) is 0 Å². The molecule has 0 radical (unpaired) electrons. The minimum atomic E-state index is -0.238. The maximum Gasteiger partial charge on any atom is 0.137 e. The normalized spacial score (nSPS) is 12.2. The minimum Gasteiger partial charge on any atom is -0.494 e. The first-order valence-corrected chi connectivity index (χ1v) is 7.77. The predicted octanol–water partition coefficient (Wildman–Crippen LogP) is 4.49. The molecule has 0 saturated heterocycles. The third-order valence-corrected chi connectivity index (χ3v) is 3.95. The van der Waals surface area contributed by atoms with E-state index in [0.29, 0.717) is 11.1 Å². The fourth-order valence-corrected chi connectivity index (χ4v) is 2.70. The van der Waals surface area contributed by atoms with Crippen molar-refractivity contribution in [3.05, 3.63) is 63.9 Å². The number of nitrogens with one attached hydrogen (secondary N) is 1. The van der Waals surface area contributed by atoms with Crippen LogP contribution in [-0.2, 0) is 6.42 Å². The van der Waals surface area contributed by atoms with Crippen molar-refractivity contribution in [3.63, 3.8) is 0 Å². The molecule has 2 aromatic carbocycles. The first kappa shape index (κ1) is 16.0. The second-order valence-corrected chi connectivity index (χ2v) is 5.65. The van der Waals surface area contributed by atoms with Crippen molar-refractivity contribution in [2.24, 2.45) is 0 Å². The Hall–Kier alpha value is -1.39. The molecule has 1 N–H and O–H groups in total. The van der Waals surface area contributed by atoms with E-state index in [2.05, 4.69) is 27.3 Å². The molecule has 0 aliphatic carbocycles. The molecule has 2 aromatic rings. The Morgan fingerprint density at radius 2 is 2.05 bits per heavy atom. The number of hydrogen-bond acceptors (Lipinski definition) is 2. The molecule has 0 saturated carbocycles.